The summed E-state index contributed by atoms with van der Waals surface area (Å²) in [6.07, 6.45) is 3.38. The molecule has 0 radical (unpaired) electrons. The van der Waals surface area contributed by atoms with Gasteiger partial charge in [-0.25, -0.2) is 0 Å². The second-order valence-electron chi connectivity index (χ2n) is 4.09. The lowest BCUT2D eigenvalue weighted by Gasteiger charge is -2.01. The van der Waals surface area contributed by atoms with E-state index >= 15 is 0 Å². The van der Waals surface area contributed by atoms with E-state index in [0.717, 1.165) is 5.56 Å². The van der Waals surface area contributed by atoms with Gasteiger partial charge < -0.3 is 9.43 Å². The van der Waals surface area contributed by atoms with Crippen LogP contribution in [0.4, 0.5) is 5.88 Å². The Morgan fingerprint density at radius 2 is 2.26 bits per heavy atom. The Morgan fingerprint density at radius 1 is 1.53 bits per heavy atom. The molecule has 0 N–H and O–H groups in total. The molecule has 0 fully saturated rings. The van der Waals surface area contributed by atoms with E-state index in [4.69, 9.17) is 4.42 Å². The number of furan rings is 1. The lowest BCUT2D eigenvalue weighted by Crippen LogP contribution is -2.01. The van der Waals surface area contributed by atoms with Crippen LogP contribution in [0.2, 0.25) is 0 Å². The van der Waals surface area contributed by atoms with Crippen molar-refractivity contribution in [3.63, 3.8) is 0 Å². The van der Waals surface area contributed by atoms with E-state index in [1.54, 1.807) is 43.2 Å². The molecule has 2 rings (SSSR count). The molecule has 0 aliphatic carbocycles. The Balaban J connectivity index is 2.40. The van der Waals surface area contributed by atoms with Gasteiger partial charge in [-0.15, -0.1) is 0 Å². The van der Waals surface area contributed by atoms with Crippen molar-refractivity contribution >= 4 is 12.1 Å². The van der Waals surface area contributed by atoms with Crippen LogP contribution in [0.3, 0.4) is 0 Å². The largest absolute Gasteiger partial charge is 0.433 e. The second kappa shape index (κ2) is 4.92. The van der Waals surface area contributed by atoms with Crippen LogP contribution in [-0.2, 0) is 7.05 Å². The van der Waals surface area contributed by atoms with E-state index < -0.39 is 4.92 Å². The van der Waals surface area contributed by atoms with E-state index in [0.29, 0.717) is 11.5 Å². The van der Waals surface area contributed by atoms with Crippen LogP contribution in [0.5, 0.6) is 0 Å². The molecule has 2 aromatic rings. The molecule has 8 heteroatoms. The zero-order valence-electron chi connectivity index (χ0n) is 10.8. The lowest BCUT2D eigenvalue weighted by atomic mass is 10.2. The minimum absolute atomic E-state index is 0.309. The van der Waals surface area contributed by atoms with Crippen molar-refractivity contribution in [1.29, 1.82) is 0 Å². The molecule has 100 valence electrons. The minimum atomic E-state index is -0.583. The zero-order chi connectivity index (χ0) is 14.0. The van der Waals surface area contributed by atoms with Gasteiger partial charge >= 0.3 is 5.88 Å². The van der Waals surface area contributed by atoms with Gasteiger partial charge in [0, 0.05) is 32.9 Å². The zero-order valence-corrected chi connectivity index (χ0v) is 10.8. The van der Waals surface area contributed by atoms with Crippen molar-refractivity contribution in [3.8, 4) is 11.5 Å². The molecule has 0 atom stereocenters. The molecule has 19 heavy (non-hydrogen) atoms. The fraction of sp³-hybridized carbons (Fsp3) is 0.273. The number of hydrogen-bond acceptors (Lipinski definition) is 6. The SMILES string of the molecule is CN(C)/N=C/c1cn(C)nc1-c1ccc([N+](=O)[O-])o1. The van der Waals surface area contributed by atoms with Crippen molar-refractivity contribution in [3.05, 3.63) is 34.0 Å². The predicted octanol–water partition coefficient (Wildman–Crippen LogP) is 1.48. The number of hydrazone groups is 1. The fourth-order valence-corrected chi connectivity index (χ4v) is 1.52. The van der Waals surface area contributed by atoms with E-state index in [1.807, 2.05) is 0 Å². The van der Waals surface area contributed by atoms with E-state index in [-0.39, 0.29) is 5.88 Å². The highest BCUT2D eigenvalue weighted by Gasteiger charge is 2.17. The highest BCUT2D eigenvalue weighted by atomic mass is 16.6. The van der Waals surface area contributed by atoms with Crippen LogP contribution in [0.25, 0.3) is 11.5 Å². The van der Waals surface area contributed by atoms with Gasteiger partial charge in [0.05, 0.1) is 12.3 Å². The van der Waals surface area contributed by atoms with Gasteiger partial charge in [0.25, 0.3) is 0 Å². The van der Waals surface area contributed by atoms with Crippen LogP contribution in [0.15, 0.2) is 27.8 Å². The third-order valence-electron chi connectivity index (χ3n) is 2.29. The van der Waals surface area contributed by atoms with Crippen LogP contribution in [0, 0.1) is 10.1 Å². The lowest BCUT2D eigenvalue weighted by molar-refractivity contribution is -0.401. The summed E-state index contributed by atoms with van der Waals surface area (Å²) < 4.78 is 6.74. The van der Waals surface area contributed by atoms with Gasteiger partial charge in [0.2, 0.25) is 0 Å². The number of nitrogens with zero attached hydrogens (tertiary/aromatic N) is 5. The van der Waals surface area contributed by atoms with Gasteiger partial charge in [-0.1, -0.05) is 0 Å². The topological polar surface area (TPSA) is 89.7 Å². The molecule has 2 aromatic heterocycles. The highest BCUT2D eigenvalue weighted by Crippen LogP contribution is 2.26. The van der Waals surface area contributed by atoms with Crippen LogP contribution >= 0.6 is 0 Å². The molecule has 0 saturated carbocycles. The van der Waals surface area contributed by atoms with Gasteiger partial charge in [-0.2, -0.15) is 10.2 Å². The molecule has 0 spiro atoms. The Labute approximate surface area is 109 Å². The number of hydrogen-bond donors (Lipinski definition) is 0. The van der Waals surface area contributed by atoms with Crippen LogP contribution in [-0.4, -0.2) is 40.0 Å². The van der Waals surface area contributed by atoms with Crippen molar-refractivity contribution in [2.45, 2.75) is 0 Å². The molecule has 0 aliphatic heterocycles. The summed E-state index contributed by atoms with van der Waals surface area (Å²) in [6.45, 7) is 0. The Hall–Kier alpha value is -2.64. The van der Waals surface area contributed by atoms with Gasteiger partial charge in [0.1, 0.15) is 10.6 Å². The molecular formula is C11H13N5O3. The average Bonchev–Trinajstić information content (AvgIpc) is 2.92. The first-order valence-corrected chi connectivity index (χ1v) is 5.47. The number of aryl methyl sites for hydroxylation is 1. The van der Waals surface area contributed by atoms with Crippen molar-refractivity contribution in [1.82, 2.24) is 14.8 Å². The molecule has 0 aliphatic rings. The summed E-state index contributed by atoms with van der Waals surface area (Å²) >= 11 is 0. The molecule has 0 bridgehead atoms. The van der Waals surface area contributed by atoms with Crippen LogP contribution in [0.1, 0.15) is 5.56 Å². The first-order valence-electron chi connectivity index (χ1n) is 5.47. The molecule has 0 aromatic carbocycles. The van der Waals surface area contributed by atoms with Gasteiger partial charge in [0.15, 0.2) is 5.76 Å². The summed E-state index contributed by atoms with van der Waals surface area (Å²) in [4.78, 5) is 10.0. The van der Waals surface area contributed by atoms with E-state index in [2.05, 4.69) is 10.2 Å². The summed E-state index contributed by atoms with van der Waals surface area (Å²) in [5.74, 6) is 0.0312. The molecule has 8 nitrogen and oxygen atoms in total. The molecule has 2 heterocycles. The maximum Gasteiger partial charge on any atom is 0.433 e. The number of aromatic nitrogens is 2. The first kappa shape index (κ1) is 12.8. The minimum Gasteiger partial charge on any atom is -0.399 e. The van der Waals surface area contributed by atoms with Crippen molar-refractivity contribution < 1.29 is 9.34 Å². The van der Waals surface area contributed by atoms with E-state index in [9.17, 15) is 10.1 Å². The quantitative estimate of drug-likeness (QED) is 0.473. The summed E-state index contributed by atoms with van der Waals surface area (Å²) in [6, 6.07) is 2.82. The van der Waals surface area contributed by atoms with Crippen molar-refractivity contribution in [2.75, 3.05) is 14.1 Å². The normalized spacial score (nSPS) is 11.1. The second-order valence-corrected chi connectivity index (χ2v) is 4.09. The Kier molecular flexibility index (Phi) is 3.32. The monoisotopic (exact) mass is 263 g/mol. The Bertz CT molecular complexity index is 626. The smallest absolute Gasteiger partial charge is 0.399 e. The standard InChI is InChI=1S/C11H13N5O3/c1-14(2)12-6-8-7-15(3)13-11(8)9-4-5-10(19-9)16(17)18/h4-7H,1-3H3/b12-6+. The van der Waals surface area contributed by atoms with Crippen LogP contribution < -0.4 is 0 Å². The first-order chi connectivity index (χ1) is 8.97. The molecule has 0 amide bonds. The average molecular weight is 263 g/mol. The van der Waals surface area contributed by atoms with E-state index in [1.165, 1.54) is 12.1 Å². The van der Waals surface area contributed by atoms with Gasteiger partial charge in [-0.05, 0) is 6.07 Å². The third kappa shape index (κ3) is 2.79. The number of nitro groups is 1. The molecular weight excluding hydrogens is 250 g/mol. The summed E-state index contributed by atoms with van der Waals surface area (Å²) in [5.41, 5.74) is 1.24. The van der Waals surface area contributed by atoms with Crippen molar-refractivity contribution in [2.24, 2.45) is 12.1 Å². The summed E-state index contributed by atoms with van der Waals surface area (Å²) in [7, 11) is 5.35. The highest BCUT2D eigenvalue weighted by molar-refractivity contribution is 5.87. The molecule has 0 unspecified atom stereocenters. The summed E-state index contributed by atoms with van der Waals surface area (Å²) in [5, 5.41) is 20.6. The maximum absolute atomic E-state index is 10.6. The fourth-order valence-electron chi connectivity index (χ4n) is 1.52. The number of rotatable bonds is 4. The Morgan fingerprint density at radius 3 is 2.84 bits per heavy atom. The molecule has 0 saturated heterocycles. The predicted molar refractivity (Wildman–Crippen MR) is 68.8 cm³/mol. The van der Waals surface area contributed by atoms with Gasteiger partial charge in [-0.3, -0.25) is 14.8 Å². The third-order valence-corrected chi connectivity index (χ3v) is 2.29. The maximum atomic E-state index is 10.6.